The number of rotatable bonds is 7. The molecule has 1 aromatic heterocycles. The first-order valence-electron chi connectivity index (χ1n) is 11.6. The number of hydrogen-bond acceptors (Lipinski definition) is 4. The first kappa shape index (κ1) is 25.9. The van der Waals surface area contributed by atoms with E-state index < -0.39 is 41.1 Å². The number of amides is 3. The van der Waals surface area contributed by atoms with Gasteiger partial charge in [0, 0.05) is 34.8 Å². The molecule has 190 valence electrons. The number of aromatic nitrogens is 1. The summed E-state index contributed by atoms with van der Waals surface area (Å²) in [5.74, 6) is -1.41. The predicted molar refractivity (Wildman–Crippen MR) is 131 cm³/mol. The Kier molecular flexibility index (Phi) is 7.54. The van der Waals surface area contributed by atoms with E-state index in [9.17, 15) is 23.2 Å². The van der Waals surface area contributed by atoms with Crippen LogP contribution in [0.1, 0.15) is 29.8 Å². The van der Waals surface area contributed by atoms with E-state index in [0.29, 0.717) is 16.5 Å². The Morgan fingerprint density at radius 2 is 1.92 bits per heavy atom. The van der Waals surface area contributed by atoms with Gasteiger partial charge < -0.3 is 14.6 Å². The molecule has 0 spiro atoms. The third-order valence-corrected chi connectivity index (χ3v) is 6.86. The molecule has 1 N–H and O–H groups in total. The Balaban J connectivity index is 1.65. The molecule has 3 atom stereocenters. The van der Waals surface area contributed by atoms with Crippen molar-refractivity contribution in [3.05, 3.63) is 70.6 Å². The number of ketones is 1. The zero-order chi connectivity index (χ0) is 26.0. The van der Waals surface area contributed by atoms with Gasteiger partial charge in [-0.25, -0.2) is 18.4 Å². The van der Waals surface area contributed by atoms with Crippen LogP contribution in [-0.4, -0.2) is 58.7 Å². The Hall–Kier alpha value is -3.14. The van der Waals surface area contributed by atoms with Crippen LogP contribution in [0.25, 0.3) is 10.9 Å². The number of likely N-dealkylation sites (tertiary alicyclic amines) is 1. The lowest BCUT2D eigenvalue weighted by Crippen LogP contribution is -2.61. The van der Waals surface area contributed by atoms with E-state index in [4.69, 9.17) is 16.3 Å². The van der Waals surface area contributed by atoms with E-state index in [1.165, 1.54) is 19.1 Å². The molecule has 3 aromatic rings. The van der Waals surface area contributed by atoms with E-state index in [1.807, 2.05) is 0 Å². The fraction of sp³-hybridized carbons (Fsp3) is 0.346. The van der Waals surface area contributed by atoms with Crippen LogP contribution in [0.3, 0.4) is 0 Å². The highest BCUT2D eigenvalue weighted by atomic mass is 35.5. The van der Waals surface area contributed by atoms with E-state index >= 15 is 0 Å². The van der Waals surface area contributed by atoms with Crippen LogP contribution in [-0.2, 0) is 22.6 Å². The van der Waals surface area contributed by atoms with Crippen molar-refractivity contribution >= 4 is 40.2 Å². The number of nitrogens with one attached hydrogen (secondary N) is 1. The quantitative estimate of drug-likeness (QED) is 0.365. The molecule has 0 aliphatic carbocycles. The number of para-hydroxylation sites is 1. The first-order chi connectivity index (χ1) is 17.2. The molecule has 1 fully saturated rings. The number of alkyl halides is 1. The molecule has 7 nitrogen and oxygen atoms in total. The molecule has 1 aliphatic heterocycles. The molecule has 36 heavy (non-hydrogen) atoms. The zero-order valence-electron chi connectivity index (χ0n) is 20.0. The van der Waals surface area contributed by atoms with Gasteiger partial charge >= 0.3 is 11.9 Å². The maximum atomic E-state index is 15.0. The van der Waals surface area contributed by atoms with Crippen molar-refractivity contribution < 1.29 is 32.4 Å². The number of urea groups is 1. The minimum atomic E-state index is -1.54. The maximum Gasteiger partial charge on any atom is 0.424 e. The van der Waals surface area contributed by atoms with E-state index in [-0.39, 0.29) is 42.6 Å². The molecule has 1 aliphatic rings. The highest BCUT2D eigenvalue weighted by molar-refractivity contribution is 6.30. The number of Topliss-reactive ketones (excluding diaryl/α,β-unsaturated/α-hetero) is 1. The number of halogens is 3. The predicted octanol–water partition coefficient (Wildman–Crippen LogP) is 4.65. The lowest BCUT2D eigenvalue weighted by molar-refractivity contribution is -0.764. The van der Waals surface area contributed by atoms with Gasteiger partial charge in [-0.05, 0) is 26.0 Å². The van der Waals surface area contributed by atoms with Gasteiger partial charge in [0.1, 0.15) is 31.6 Å². The largest absolute Gasteiger partial charge is 0.424 e. The number of fused-ring (bicyclic) bond motifs is 1. The normalized spacial score (nSPS) is 21.6. The maximum absolute atomic E-state index is 15.0. The summed E-state index contributed by atoms with van der Waals surface area (Å²) in [5, 5.41) is 3.18. The monoisotopic (exact) mass is 518 g/mol. The van der Waals surface area contributed by atoms with Crippen molar-refractivity contribution in [2.75, 3.05) is 19.7 Å². The van der Waals surface area contributed by atoms with Crippen molar-refractivity contribution in [3.63, 3.8) is 0 Å². The fourth-order valence-corrected chi connectivity index (χ4v) is 4.91. The third kappa shape index (κ3) is 4.78. The van der Waals surface area contributed by atoms with Gasteiger partial charge in [-0.3, -0.25) is 4.79 Å². The molecule has 4 rings (SSSR count). The van der Waals surface area contributed by atoms with Crippen LogP contribution in [0.15, 0.2) is 48.7 Å². The minimum absolute atomic E-state index is 0.0936. The third-order valence-electron chi connectivity index (χ3n) is 6.56. The van der Waals surface area contributed by atoms with Crippen molar-refractivity contribution in [2.45, 2.75) is 39.2 Å². The standard InChI is InChI=1S/C26H26ClF2N3O4/c1-3-36-23-15-32(14-21(23)28,26(35)30-11-17-7-6-9-20(27)25(17)29)24(34)13-31-12-19(16(2)33)18-8-4-5-10-22(18)31/h4-10,12,21,23H,3,11,13-15H2,1-2H3/p+1/t21-,23-,32?/m0/s1. The number of ether oxygens (including phenoxy) is 1. The summed E-state index contributed by atoms with van der Waals surface area (Å²) in [5.41, 5.74) is 1.23. The average Bonchev–Trinajstić information content (AvgIpc) is 3.39. The van der Waals surface area contributed by atoms with Crippen LogP contribution in [0.5, 0.6) is 0 Å². The van der Waals surface area contributed by atoms with Crippen LogP contribution in [0.2, 0.25) is 5.02 Å². The molecule has 10 heteroatoms. The second-order valence-corrected chi connectivity index (χ2v) is 9.26. The summed E-state index contributed by atoms with van der Waals surface area (Å²) in [7, 11) is 0. The Bertz CT molecular complexity index is 1330. The van der Waals surface area contributed by atoms with Crippen LogP contribution < -0.4 is 5.32 Å². The first-order valence-corrected chi connectivity index (χ1v) is 12.0. The summed E-state index contributed by atoms with van der Waals surface area (Å²) in [6.45, 7) is 2.26. The second kappa shape index (κ2) is 10.5. The van der Waals surface area contributed by atoms with Crippen molar-refractivity contribution in [3.8, 4) is 0 Å². The average molecular weight is 519 g/mol. The summed E-state index contributed by atoms with van der Waals surface area (Å²) >= 11 is 5.83. The molecule has 0 saturated carbocycles. The van der Waals surface area contributed by atoms with Gasteiger partial charge in [-0.1, -0.05) is 41.9 Å². The van der Waals surface area contributed by atoms with E-state index in [0.717, 1.165) is 0 Å². The second-order valence-electron chi connectivity index (χ2n) is 8.85. The molecule has 1 unspecified atom stereocenters. The Labute approximate surface area is 212 Å². The number of carbonyl (C=O) groups excluding carboxylic acids is 3. The lowest BCUT2D eigenvalue weighted by atomic mass is 10.1. The smallest absolute Gasteiger partial charge is 0.369 e. The van der Waals surface area contributed by atoms with Crippen LogP contribution in [0, 0.1) is 5.82 Å². The van der Waals surface area contributed by atoms with Crippen LogP contribution in [0.4, 0.5) is 13.6 Å². The van der Waals surface area contributed by atoms with E-state index in [1.54, 1.807) is 48.0 Å². The van der Waals surface area contributed by atoms with E-state index in [2.05, 4.69) is 5.32 Å². The topological polar surface area (TPSA) is 77.4 Å². The summed E-state index contributed by atoms with van der Waals surface area (Å²) in [6.07, 6.45) is -0.914. The molecule has 2 heterocycles. The molecular weight excluding hydrogens is 492 g/mol. The lowest BCUT2D eigenvalue weighted by Gasteiger charge is -2.28. The van der Waals surface area contributed by atoms with Gasteiger partial charge in [0.15, 0.2) is 12.0 Å². The van der Waals surface area contributed by atoms with Gasteiger partial charge in [0.05, 0.1) is 11.6 Å². The molecule has 2 aromatic carbocycles. The zero-order valence-corrected chi connectivity index (χ0v) is 20.7. The highest BCUT2D eigenvalue weighted by Gasteiger charge is 2.56. The van der Waals surface area contributed by atoms with Crippen molar-refractivity contribution in [1.29, 1.82) is 0 Å². The Morgan fingerprint density at radius 1 is 1.17 bits per heavy atom. The van der Waals surface area contributed by atoms with Crippen molar-refractivity contribution in [1.82, 2.24) is 9.88 Å². The minimum Gasteiger partial charge on any atom is -0.369 e. The summed E-state index contributed by atoms with van der Waals surface area (Å²) in [4.78, 5) is 39.3. The SMILES string of the molecule is CCO[C@H]1C[N+](C(=O)Cn2cc(C(C)=O)c3ccccc32)(C(=O)NCc2cccc(Cl)c2F)C[C@@H]1F. The molecule has 3 amide bonds. The van der Waals surface area contributed by atoms with Crippen LogP contribution >= 0.6 is 11.6 Å². The summed E-state index contributed by atoms with van der Waals surface area (Å²) in [6, 6.07) is 10.8. The Morgan fingerprint density at radius 3 is 2.64 bits per heavy atom. The van der Waals surface area contributed by atoms with Gasteiger partial charge in [0.25, 0.3) is 0 Å². The fourth-order valence-electron chi connectivity index (χ4n) is 4.71. The van der Waals surface area contributed by atoms with Gasteiger partial charge in [-0.15, -0.1) is 0 Å². The molecule has 0 bridgehead atoms. The number of carbonyl (C=O) groups is 3. The summed E-state index contributed by atoms with van der Waals surface area (Å²) < 4.78 is 35.5. The number of quaternary nitrogens is 1. The molecular formula is C26H27ClF2N3O4+. The van der Waals surface area contributed by atoms with Gasteiger partial charge in [-0.2, -0.15) is 4.48 Å². The molecule has 0 radical (unpaired) electrons. The highest BCUT2D eigenvalue weighted by Crippen LogP contribution is 2.29. The van der Waals surface area contributed by atoms with Gasteiger partial charge in [0.2, 0.25) is 0 Å². The number of nitrogens with zero attached hydrogens (tertiary/aromatic N) is 2. The number of hydrogen-bond donors (Lipinski definition) is 1. The van der Waals surface area contributed by atoms with Crippen molar-refractivity contribution in [2.24, 2.45) is 0 Å². The number of imide groups is 1. The number of benzene rings is 2. The molecule has 1 saturated heterocycles.